The number of hydrogen-bond acceptors (Lipinski definition) is 3. The Kier molecular flexibility index (Phi) is 2.83. The standard InChI is InChI=1S/C12H13ClN2O2/c1-6-3-9(14)8(13)5-10(6)15-11(16)4-7(2)12(15)17/h3,5,7H,4,14H2,1-2H3. The first kappa shape index (κ1) is 11.9. The van der Waals surface area contributed by atoms with Gasteiger partial charge in [-0.3, -0.25) is 9.59 Å². The second-order valence-electron chi connectivity index (χ2n) is 4.33. The fraction of sp³-hybridized carbons (Fsp3) is 0.333. The Morgan fingerprint density at radius 2 is 2.06 bits per heavy atom. The van der Waals surface area contributed by atoms with Gasteiger partial charge < -0.3 is 5.73 Å². The van der Waals surface area contributed by atoms with Crippen molar-refractivity contribution in [3.05, 3.63) is 22.7 Å². The van der Waals surface area contributed by atoms with E-state index in [2.05, 4.69) is 0 Å². The van der Waals surface area contributed by atoms with Crippen molar-refractivity contribution in [1.82, 2.24) is 0 Å². The van der Waals surface area contributed by atoms with Crippen LogP contribution in [0.25, 0.3) is 0 Å². The van der Waals surface area contributed by atoms with E-state index >= 15 is 0 Å². The lowest BCUT2D eigenvalue weighted by atomic mass is 10.1. The van der Waals surface area contributed by atoms with Gasteiger partial charge >= 0.3 is 0 Å². The van der Waals surface area contributed by atoms with E-state index in [0.29, 0.717) is 16.4 Å². The number of amides is 2. The van der Waals surface area contributed by atoms with Crippen molar-refractivity contribution >= 4 is 34.8 Å². The van der Waals surface area contributed by atoms with E-state index < -0.39 is 0 Å². The summed E-state index contributed by atoms with van der Waals surface area (Å²) >= 11 is 5.92. The van der Waals surface area contributed by atoms with Crippen LogP contribution in [0.15, 0.2) is 12.1 Å². The molecule has 1 fully saturated rings. The van der Waals surface area contributed by atoms with Gasteiger partial charge in [0, 0.05) is 12.3 Å². The second-order valence-corrected chi connectivity index (χ2v) is 4.74. The highest BCUT2D eigenvalue weighted by atomic mass is 35.5. The molecule has 4 nitrogen and oxygen atoms in total. The Morgan fingerprint density at radius 1 is 1.41 bits per heavy atom. The Bertz CT molecular complexity index is 513. The fourth-order valence-corrected chi connectivity index (χ4v) is 2.13. The van der Waals surface area contributed by atoms with E-state index in [1.165, 1.54) is 4.90 Å². The van der Waals surface area contributed by atoms with E-state index in [-0.39, 0.29) is 24.2 Å². The van der Waals surface area contributed by atoms with E-state index in [4.69, 9.17) is 17.3 Å². The molecular formula is C12H13ClN2O2. The third-order valence-corrected chi connectivity index (χ3v) is 3.26. The largest absolute Gasteiger partial charge is 0.398 e. The third kappa shape index (κ3) is 1.89. The summed E-state index contributed by atoms with van der Waals surface area (Å²) in [5.41, 5.74) is 7.41. The quantitative estimate of drug-likeness (QED) is 0.615. The highest BCUT2D eigenvalue weighted by Gasteiger charge is 2.37. The lowest BCUT2D eigenvalue weighted by Gasteiger charge is -2.18. The molecule has 0 radical (unpaired) electrons. The number of anilines is 2. The molecule has 90 valence electrons. The van der Waals surface area contributed by atoms with Gasteiger partial charge in [0.2, 0.25) is 11.8 Å². The van der Waals surface area contributed by atoms with Crippen molar-refractivity contribution in [2.75, 3.05) is 10.6 Å². The summed E-state index contributed by atoms with van der Waals surface area (Å²) in [6.07, 6.45) is 0.250. The average Bonchev–Trinajstić information content (AvgIpc) is 2.48. The minimum atomic E-state index is -0.266. The highest BCUT2D eigenvalue weighted by molar-refractivity contribution is 6.34. The molecule has 2 N–H and O–H groups in total. The van der Waals surface area contributed by atoms with Crippen LogP contribution < -0.4 is 10.6 Å². The van der Waals surface area contributed by atoms with Crippen molar-refractivity contribution < 1.29 is 9.59 Å². The number of nitrogens with two attached hydrogens (primary N) is 1. The molecule has 0 bridgehead atoms. The summed E-state index contributed by atoms with van der Waals surface area (Å²) in [4.78, 5) is 24.9. The van der Waals surface area contributed by atoms with Crippen molar-refractivity contribution in [3.8, 4) is 0 Å². The number of benzene rings is 1. The molecule has 0 spiro atoms. The number of hydrogen-bond donors (Lipinski definition) is 1. The zero-order chi connectivity index (χ0) is 12.7. The van der Waals surface area contributed by atoms with E-state index in [1.807, 2.05) is 0 Å². The summed E-state index contributed by atoms with van der Waals surface area (Å²) in [5, 5.41) is 0.353. The summed E-state index contributed by atoms with van der Waals surface area (Å²) in [5.74, 6) is -0.636. The number of aryl methyl sites for hydroxylation is 1. The number of imide groups is 1. The molecule has 0 saturated carbocycles. The lowest BCUT2D eigenvalue weighted by molar-refractivity contribution is -0.122. The molecule has 1 heterocycles. The monoisotopic (exact) mass is 252 g/mol. The average molecular weight is 253 g/mol. The predicted octanol–water partition coefficient (Wildman–Crippen LogP) is 2.13. The summed E-state index contributed by atoms with van der Waals surface area (Å²) < 4.78 is 0. The number of nitrogens with zero attached hydrogens (tertiary/aromatic N) is 1. The van der Waals surface area contributed by atoms with Gasteiger partial charge in [0.25, 0.3) is 0 Å². The van der Waals surface area contributed by atoms with E-state index in [0.717, 1.165) is 5.56 Å². The highest BCUT2D eigenvalue weighted by Crippen LogP contribution is 2.33. The third-order valence-electron chi connectivity index (χ3n) is 2.93. The van der Waals surface area contributed by atoms with Crippen LogP contribution in [-0.4, -0.2) is 11.8 Å². The lowest BCUT2D eigenvalue weighted by Crippen LogP contribution is -2.30. The van der Waals surface area contributed by atoms with Crippen molar-refractivity contribution in [3.63, 3.8) is 0 Å². The maximum Gasteiger partial charge on any atom is 0.237 e. The zero-order valence-corrected chi connectivity index (χ0v) is 10.4. The van der Waals surface area contributed by atoms with Gasteiger partial charge in [-0.2, -0.15) is 0 Å². The molecule has 2 amide bonds. The van der Waals surface area contributed by atoms with E-state index in [1.54, 1.807) is 26.0 Å². The molecule has 1 saturated heterocycles. The zero-order valence-electron chi connectivity index (χ0n) is 9.66. The van der Waals surface area contributed by atoms with Crippen LogP contribution in [0.5, 0.6) is 0 Å². The normalized spacial score (nSPS) is 20.2. The Morgan fingerprint density at radius 3 is 2.59 bits per heavy atom. The van der Waals surface area contributed by atoms with Gasteiger partial charge in [-0.05, 0) is 24.6 Å². The number of nitrogen functional groups attached to an aromatic ring is 1. The van der Waals surface area contributed by atoms with E-state index in [9.17, 15) is 9.59 Å². The SMILES string of the molecule is Cc1cc(N)c(Cl)cc1N1C(=O)CC(C)C1=O. The maximum atomic E-state index is 11.9. The smallest absolute Gasteiger partial charge is 0.237 e. The van der Waals surface area contributed by atoms with Gasteiger partial charge in [-0.25, -0.2) is 4.90 Å². The first-order valence-corrected chi connectivity index (χ1v) is 5.72. The van der Waals surface area contributed by atoms with Crippen molar-refractivity contribution in [2.45, 2.75) is 20.3 Å². The minimum absolute atomic E-state index is 0.182. The first-order valence-electron chi connectivity index (χ1n) is 5.34. The number of rotatable bonds is 1. The minimum Gasteiger partial charge on any atom is -0.398 e. The Hall–Kier alpha value is -1.55. The van der Waals surface area contributed by atoms with Crippen LogP contribution in [0.1, 0.15) is 18.9 Å². The topological polar surface area (TPSA) is 63.4 Å². The van der Waals surface area contributed by atoms with Gasteiger partial charge in [-0.15, -0.1) is 0 Å². The van der Waals surface area contributed by atoms with Crippen molar-refractivity contribution in [1.29, 1.82) is 0 Å². The number of carbonyl (C=O) groups is 2. The van der Waals surface area contributed by atoms with Crippen LogP contribution in [0.2, 0.25) is 5.02 Å². The Labute approximate surface area is 104 Å². The molecular weight excluding hydrogens is 240 g/mol. The summed E-state index contributed by atoms with van der Waals surface area (Å²) in [6.45, 7) is 3.54. The molecule has 5 heteroatoms. The molecule has 17 heavy (non-hydrogen) atoms. The Balaban J connectivity index is 2.51. The fourth-order valence-electron chi connectivity index (χ4n) is 1.97. The molecule has 1 aliphatic heterocycles. The van der Waals surface area contributed by atoms with Crippen LogP contribution in [-0.2, 0) is 9.59 Å². The first-order chi connectivity index (χ1) is 7.91. The van der Waals surface area contributed by atoms with Crippen LogP contribution >= 0.6 is 11.6 Å². The maximum absolute atomic E-state index is 11.9. The molecule has 1 aromatic rings. The van der Waals surface area contributed by atoms with Crippen LogP contribution in [0.4, 0.5) is 11.4 Å². The predicted molar refractivity (Wildman–Crippen MR) is 66.9 cm³/mol. The van der Waals surface area contributed by atoms with Gasteiger partial charge in [-0.1, -0.05) is 18.5 Å². The molecule has 0 aromatic heterocycles. The van der Waals surface area contributed by atoms with Crippen molar-refractivity contribution in [2.24, 2.45) is 5.92 Å². The van der Waals surface area contributed by atoms with Crippen LogP contribution in [0.3, 0.4) is 0 Å². The van der Waals surface area contributed by atoms with Gasteiger partial charge in [0.15, 0.2) is 0 Å². The molecule has 1 aromatic carbocycles. The number of carbonyl (C=O) groups excluding carboxylic acids is 2. The second kappa shape index (κ2) is 4.04. The molecule has 1 aliphatic rings. The number of halogens is 1. The van der Waals surface area contributed by atoms with Gasteiger partial charge in [0.05, 0.1) is 16.4 Å². The molecule has 1 unspecified atom stereocenters. The summed E-state index contributed by atoms with van der Waals surface area (Å²) in [6, 6.07) is 3.24. The van der Waals surface area contributed by atoms with Gasteiger partial charge in [0.1, 0.15) is 0 Å². The molecule has 1 atom stereocenters. The van der Waals surface area contributed by atoms with Crippen LogP contribution in [0, 0.1) is 12.8 Å². The molecule has 0 aliphatic carbocycles. The summed E-state index contributed by atoms with van der Waals surface area (Å²) in [7, 11) is 0. The molecule has 2 rings (SSSR count).